The van der Waals surface area contributed by atoms with Crippen molar-refractivity contribution >= 4 is 23.8 Å². The molecule has 0 aliphatic rings. The Hall–Kier alpha value is -3.04. The molecule has 26 heavy (non-hydrogen) atoms. The first kappa shape index (κ1) is 21.0. The molecule has 7 nitrogen and oxygen atoms in total. The van der Waals surface area contributed by atoms with Crippen LogP contribution in [0.1, 0.15) is 29.8 Å². The van der Waals surface area contributed by atoms with E-state index < -0.39 is 23.7 Å². The standard InChI is InChI=1S/C15H17F3N4O.CH3NO/c1-8-9(2)21-22(13(8)19)10(3)14(23)20-12-6-4-11(5-7-12)15(16,17)18;2-1-3/h4-7,10H,19H2,1-3H3,(H,20,23);1H,(H2,2,3). The number of halogens is 3. The van der Waals surface area contributed by atoms with Gasteiger partial charge >= 0.3 is 6.18 Å². The topological polar surface area (TPSA) is 116 Å². The molecule has 1 aromatic carbocycles. The summed E-state index contributed by atoms with van der Waals surface area (Å²) in [6.45, 7) is 5.19. The zero-order valence-corrected chi connectivity index (χ0v) is 14.5. The molecule has 0 radical (unpaired) electrons. The van der Waals surface area contributed by atoms with Crippen molar-refractivity contribution in [1.82, 2.24) is 9.78 Å². The van der Waals surface area contributed by atoms with Crippen molar-refractivity contribution in [3.63, 3.8) is 0 Å². The molecule has 1 atom stereocenters. The summed E-state index contributed by atoms with van der Waals surface area (Å²) in [4.78, 5) is 20.8. The average molecular weight is 371 g/mol. The molecular weight excluding hydrogens is 351 g/mol. The third-order valence-corrected chi connectivity index (χ3v) is 3.66. The van der Waals surface area contributed by atoms with Crippen molar-refractivity contribution in [3.8, 4) is 0 Å². The number of hydrogen-bond donors (Lipinski definition) is 3. The number of nitrogens with one attached hydrogen (secondary N) is 1. The minimum absolute atomic E-state index is 0.250. The summed E-state index contributed by atoms with van der Waals surface area (Å²) < 4.78 is 38.9. The van der Waals surface area contributed by atoms with Crippen LogP contribution in [0.25, 0.3) is 0 Å². The first-order valence-corrected chi connectivity index (χ1v) is 7.47. The van der Waals surface area contributed by atoms with Gasteiger partial charge in [0.2, 0.25) is 12.3 Å². The van der Waals surface area contributed by atoms with Gasteiger partial charge < -0.3 is 16.8 Å². The van der Waals surface area contributed by atoms with Crippen molar-refractivity contribution in [2.75, 3.05) is 11.1 Å². The maximum Gasteiger partial charge on any atom is 0.416 e. The molecule has 0 aliphatic carbocycles. The van der Waals surface area contributed by atoms with E-state index in [4.69, 9.17) is 10.5 Å². The summed E-state index contributed by atoms with van der Waals surface area (Å²) in [7, 11) is 0. The SMILES string of the molecule is Cc1nn(C(C)C(=O)Nc2ccc(C(F)(F)F)cc2)c(N)c1C.NC=O. The zero-order chi connectivity index (χ0) is 20.1. The van der Waals surface area contributed by atoms with Gasteiger partial charge in [0, 0.05) is 11.3 Å². The van der Waals surface area contributed by atoms with Crippen LogP contribution in [0.4, 0.5) is 24.7 Å². The van der Waals surface area contributed by atoms with Gasteiger partial charge in [-0.25, -0.2) is 4.68 Å². The van der Waals surface area contributed by atoms with Gasteiger partial charge in [-0.15, -0.1) is 0 Å². The van der Waals surface area contributed by atoms with Crippen LogP contribution >= 0.6 is 0 Å². The number of amides is 2. The average Bonchev–Trinajstić information content (AvgIpc) is 2.82. The molecule has 0 spiro atoms. The third kappa shape index (κ3) is 4.98. The summed E-state index contributed by atoms with van der Waals surface area (Å²) in [5, 5.41) is 6.75. The van der Waals surface area contributed by atoms with E-state index in [1.165, 1.54) is 16.8 Å². The molecule has 1 heterocycles. The number of nitrogen functional groups attached to an aromatic ring is 1. The molecule has 142 valence electrons. The number of hydrogen-bond acceptors (Lipinski definition) is 4. The van der Waals surface area contributed by atoms with E-state index in [2.05, 4.69) is 16.1 Å². The van der Waals surface area contributed by atoms with Gasteiger partial charge in [0.15, 0.2) is 0 Å². The first-order valence-electron chi connectivity index (χ1n) is 7.47. The molecule has 1 unspecified atom stereocenters. The second kappa shape index (κ2) is 8.37. The lowest BCUT2D eigenvalue weighted by Crippen LogP contribution is -2.25. The highest BCUT2D eigenvalue weighted by molar-refractivity contribution is 5.93. The van der Waals surface area contributed by atoms with Crippen LogP contribution in [-0.4, -0.2) is 22.1 Å². The Morgan fingerprint density at radius 1 is 1.27 bits per heavy atom. The van der Waals surface area contributed by atoms with Gasteiger partial charge in [0.05, 0.1) is 11.3 Å². The van der Waals surface area contributed by atoms with Gasteiger partial charge in [-0.2, -0.15) is 18.3 Å². The second-order valence-corrected chi connectivity index (χ2v) is 5.42. The number of nitrogens with zero attached hydrogens (tertiary/aromatic N) is 2. The molecule has 2 amide bonds. The van der Waals surface area contributed by atoms with Crippen molar-refractivity contribution in [2.24, 2.45) is 5.73 Å². The van der Waals surface area contributed by atoms with Gasteiger partial charge in [0.1, 0.15) is 11.9 Å². The van der Waals surface area contributed by atoms with Gasteiger partial charge in [0.25, 0.3) is 0 Å². The highest BCUT2D eigenvalue weighted by atomic mass is 19.4. The van der Waals surface area contributed by atoms with E-state index >= 15 is 0 Å². The van der Waals surface area contributed by atoms with Gasteiger partial charge in [-0.1, -0.05) is 0 Å². The zero-order valence-electron chi connectivity index (χ0n) is 14.5. The number of aromatic nitrogens is 2. The van der Waals surface area contributed by atoms with Crippen molar-refractivity contribution in [1.29, 1.82) is 0 Å². The van der Waals surface area contributed by atoms with Crippen LogP contribution in [0.2, 0.25) is 0 Å². The summed E-state index contributed by atoms with van der Waals surface area (Å²) >= 11 is 0. The Balaban J connectivity index is 0.00000105. The number of carbonyl (C=O) groups is 2. The van der Waals surface area contributed by atoms with Crippen molar-refractivity contribution in [3.05, 3.63) is 41.1 Å². The molecular formula is C16H20F3N5O2. The molecule has 5 N–H and O–H groups in total. The summed E-state index contributed by atoms with van der Waals surface area (Å²) in [6.07, 6.45) is -4.16. The molecule has 2 aromatic rings. The molecule has 0 saturated heterocycles. The summed E-state index contributed by atoms with van der Waals surface area (Å²) in [6, 6.07) is 3.55. The van der Waals surface area contributed by atoms with Crippen molar-refractivity contribution in [2.45, 2.75) is 33.0 Å². The molecule has 1 aromatic heterocycles. The normalized spacial score (nSPS) is 11.9. The van der Waals surface area contributed by atoms with Crippen LogP contribution in [0.5, 0.6) is 0 Å². The van der Waals surface area contributed by atoms with Crippen LogP contribution in [0.3, 0.4) is 0 Å². The van der Waals surface area contributed by atoms with Crippen LogP contribution in [0.15, 0.2) is 24.3 Å². The predicted octanol–water partition coefficient (Wildman–Crippen LogP) is 2.40. The largest absolute Gasteiger partial charge is 0.416 e. The minimum Gasteiger partial charge on any atom is -0.384 e. The Morgan fingerprint density at radius 3 is 2.15 bits per heavy atom. The monoisotopic (exact) mass is 371 g/mol. The number of alkyl halides is 3. The Labute approximate surface area is 148 Å². The fourth-order valence-electron chi connectivity index (χ4n) is 2.04. The van der Waals surface area contributed by atoms with E-state index in [1.54, 1.807) is 20.8 Å². The Morgan fingerprint density at radius 2 is 1.77 bits per heavy atom. The Kier molecular flexibility index (Phi) is 6.76. The van der Waals surface area contributed by atoms with Gasteiger partial charge in [-0.3, -0.25) is 9.59 Å². The van der Waals surface area contributed by atoms with Crippen LogP contribution in [-0.2, 0) is 15.8 Å². The summed E-state index contributed by atoms with van der Waals surface area (Å²) in [5.74, 6) is -0.0310. The molecule has 0 saturated carbocycles. The fraction of sp³-hybridized carbons (Fsp3) is 0.312. The molecule has 10 heteroatoms. The van der Waals surface area contributed by atoms with E-state index in [0.717, 1.165) is 23.4 Å². The number of nitrogens with two attached hydrogens (primary N) is 2. The maximum absolute atomic E-state index is 12.5. The smallest absolute Gasteiger partial charge is 0.384 e. The first-order chi connectivity index (χ1) is 12.0. The number of anilines is 2. The van der Waals surface area contributed by atoms with Gasteiger partial charge in [-0.05, 0) is 45.0 Å². The highest BCUT2D eigenvalue weighted by Gasteiger charge is 2.30. The van der Waals surface area contributed by atoms with Crippen LogP contribution in [0, 0.1) is 13.8 Å². The Bertz CT molecular complexity index is 769. The predicted molar refractivity (Wildman–Crippen MR) is 91.1 cm³/mol. The highest BCUT2D eigenvalue weighted by Crippen LogP contribution is 2.30. The molecule has 0 bridgehead atoms. The second-order valence-electron chi connectivity index (χ2n) is 5.42. The minimum atomic E-state index is -4.41. The molecule has 0 aliphatic heterocycles. The molecule has 0 fully saturated rings. The summed E-state index contributed by atoms with van der Waals surface area (Å²) in [5.41, 5.74) is 11.1. The lowest BCUT2D eigenvalue weighted by Gasteiger charge is -2.15. The third-order valence-electron chi connectivity index (χ3n) is 3.66. The van der Waals surface area contributed by atoms with Crippen molar-refractivity contribution < 1.29 is 22.8 Å². The number of rotatable bonds is 3. The number of aryl methyl sites for hydroxylation is 1. The van der Waals surface area contributed by atoms with E-state index in [-0.39, 0.29) is 12.1 Å². The number of carbonyl (C=O) groups excluding carboxylic acids is 2. The number of primary amides is 1. The maximum atomic E-state index is 12.5. The lowest BCUT2D eigenvalue weighted by molar-refractivity contribution is -0.137. The van der Waals surface area contributed by atoms with E-state index in [0.29, 0.717) is 5.82 Å². The quantitative estimate of drug-likeness (QED) is 0.718. The number of benzene rings is 1. The molecule has 2 rings (SSSR count). The van der Waals surface area contributed by atoms with E-state index in [9.17, 15) is 18.0 Å². The fourth-order valence-corrected chi connectivity index (χ4v) is 2.04. The van der Waals surface area contributed by atoms with Crippen LogP contribution < -0.4 is 16.8 Å². The lowest BCUT2D eigenvalue weighted by atomic mass is 10.2. The van der Waals surface area contributed by atoms with E-state index in [1.807, 2.05) is 0 Å².